The Morgan fingerprint density at radius 1 is 1.32 bits per heavy atom. The third-order valence-corrected chi connectivity index (χ3v) is 2.61. The molecule has 0 aliphatic rings. The average Bonchev–Trinajstić information content (AvgIpc) is 2.76. The molecule has 0 atom stereocenters. The van der Waals surface area contributed by atoms with Crippen LogP contribution < -0.4 is 5.32 Å². The summed E-state index contributed by atoms with van der Waals surface area (Å²) >= 11 is 5.81. The van der Waals surface area contributed by atoms with E-state index in [0.29, 0.717) is 22.7 Å². The van der Waals surface area contributed by atoms with Crippen LogP contribution in [0, 0.1) is 5.82 Å². The highest BCUT2D eigenvalue weighted by molar-refractivity contribution is 6.28. The monoisotopic (exact) mass is 278 g/mol. The highest BCUT2D eigenvalue weighted by atomic mass is 35.5. The first-order valence-electron chi connectivity index (χ1n) is 5.35. The summed E-state index contributed by atoms with van der Waals surface area (Å²) in [7, 11) is 1.84. The molecule has 0 spiro atoms. The molecular formula is C11H8ClFN6. The number of hydrogen-bond acceptors (Lipinski definition) is 5. The second-order valence-corrected chi connectivity index (χ2v) is 4.25. The average molecular weight is 279 g/mol. The molecule has 0 aliphatic heterocycles. The smallest absolute Gasteiger partial charge is 0.226 e. The lowest BCUT2D eigenvalue weighted by molar-refractivity contribution is 0.624. The van der Waals surface area contributed by atoms with Crippen molar-refractivity contribution in [1.29, 1.82) is 0 Å². The van der Waals surface area contributed by atoms with Crippen LogP contribution in [0.25, 0.3) is 11.0 Å². The van der Waals surface area contributed by atoms with E-state index in [2.05, 4.69) is 25.3 Å². The molecule has 8 heteroatoms. The molecule has 0 aromatic carbocycles. The van der Waals surface area contributed by atoms with E-state index in [1.54, 1.807) is 17.1 Å². The molecule has 19 heavy (non-hydrogen) atoms. The summed E-state index contributed by atoms with van der Waals surface area (Å²) in [4.78, 5) is 15.9. The summed E-state index contributed by atoms with van der Waals surface area (Å²) in [6.07, 6.45) is 4.47. The zero-order valence-corrected chi connectivity index (χ0v) is 10.6. The van der Waals surface area contributed by atoms with Crippen molar-refractivity contribution in [3.05, 3.63) is 35.9 Å². The maximum Gasteiger partial charge on any atom is 0.226 e. The predicted molar refractivity (Wildman–Crippen MR) is 68.8 cm³/mol. The van der Waals surface area contributed by atoms with E-state index < -0.39 is 5.82 Å². The lowest BCUT2D eigenvalue weighted by Gasteiger charge is -2.06. The summed E-state index contributed by atoms with van der Waals surface area (Å²) in [5.74, 6) is 0.464. The van der Waals surface area contributed by atoms with Crippen molar-refractivity contribution in [1.82, 2.24) is 24.5 Å². The Bertz CT molecular complexity index is 756. The lowest BCUT2D eigenvalue weighted by atomic mass is 10.3. The first kappa shape index (κ1) is 11.8. The molecule has 0 aliphatic carbocycles. The van der Waals surface area contributed by atoms with Gasteiger partial charge in [0.15, 0.2) is 5.65 Å². The Morgan fingerprint density at radius 2 is 2.16 bits per heavy atom. The van der Waals surface area contributed by atoms with E-state index in [1.807, 2.05) is 7.05 Å². The highest BCUT2D eigenvalue weighted by Gasteiger charge is 2.10. The van der Waals surface area contributed by atoms with Crippen LogP contribution in [0.2, 0.25) is 5.28 Å². The Kier molecular flexibility index (Phi) is 2.75. The van der Waals surface area contributed by atoms with Crippen LogP contribution in [0.1, 0.15) is 0 Å². The number of aromatic nitrogens is 5. The van der Waals surface area contributed by atoms with Gasteiger partial charge in [-0.05, 0) is 17.7 Å². The zero-order chi connectivity index (χ0) is 13.4. The maximum absolute atomic E-state index is 13.3. The summed E-state index contributed by atoms with van der Waals surface area (Å²) < 4.78 is 15.0. The van der Waals surface area contributed by atoms with E-state index in [9.17, 15) is 4.39 Å². The Morgan fingerprint density at radius 3 is 2.89 bits per heavy atom. The van der Waals surface area contributed by atoms with Gasteiger partial charge in [-0.2, -0.15) is 9.97 Å². The number of nitrogens with one attached hydrogen (secondary N) is 1. The largest absolute Gasteiger partial charge is 0.338 e. The van der Waals surface area contributed by atoms with Crippen LogP contribution >= 0.6 is 11.6 Å². The molecular weight excluding hydrogens is 271 g/mol. The molecule has 0 saturated carbocycles. The van der Waals surface area contributed by atoms with Crippen molar-refractivity contribution >= 4 is 34.3 Å². The first-order valence-corrected chi connectivity index (χ1v) is 5.73. The van der Waals surface area contributed by atoms with Crippen LogP contribution in [0.15, 0.2) is 24.8 Å². The topological polar surface area (TPSA) is 68.5 Å². The standard InChI is InChI=1S/C11H8ClFN6/c1-19-4-8(15-5-19)16-10-7-2-6(13)3-14-9(7)17-11(12)18-10/h2-5H,1H3,(H,14,16,17,18). The van der Waals surface area contributed by atoms with Crippen LogP contribution in [-0.2, 0) is 7.05 Å². The molecule has 0 unspecified atom stereocenters. The third-order valence-electron chi connectivity index (χ3n) is 2.44. The number of nitrogens with zero attached hydrogens (tertiary/aromatic N) is 5. The number of pyridine rings is 1. The number of fused-ring (bicyclic) bond motifs is 1. The molecule has 96 valence electrons. The van der Waals surface area contributed by atoms with Gasteiger partial charge in [0.25, 0.3) is 0 Å². The zero-order valence-electron chi connectivity index (χ0n) is 9.80. The van der Waals surface area contributed by atoms with Crippen LogP contribution in [-0.4, -0.2) is 24.5 Å². The molecule has 0 amide bonds. The van der Waals surface area contributed by atoms with Crippen molar-refractivity contribution in [2.24, 2.45) is 7.05 Å². The molecule has 0 bridgehead atoms. The summed E-state index contributed by atoms with van der Waals surface area (Å²) in [5, 5.41) is 3.43. The normalized spacial score (nSPS) is 10.9. The Labute approximate surface area is 112 Å². The van der Waals surface area contributed by atoms with Gasteiger partial charge in [0.2, 0.25) is 5.28 Å². The van der Waals surface area contributed by atoms with Crippen molar-refractivity contribution < 1.29 is 4.39 Å². The van der Waals surface area contributed by atoms with Gasteiger partial charge < -0.3 is 9.88 Å². The second-order valence-electron chi connectivity index (χ2n) is 3.92. The maximum atomic E-state index is 13.3. The number of imidazole rings is 1. The minimum Gasteiger partial charge on any atom is -0.338 e. The Hall–Kier alpha value is -2.28. The SMILES string of the molecule is Cn1cnc(Nc2nc(Cl)nc3ncc(F)cc23)c1. The van der Waals surface area contributed by atoms with Crippen LogP contribution in [0.3, 0.4) is 0 Å². The van der Waals surface area contributed by atoms with Gasteiger partial charge in [0.05, 0.1) is 17.9 Å². The van der Waals surface area contributed by atoms with Gasteiger partial charge in [-0.3, -0.25) is 0 Å². The number of hydrogen-bond donors (Lipinski definition) is 1. The van der Waals surface area contributed by atoms with Gasteiger partial charge in [-0.1, -0.05) is 0 Å². The molecule has 6 nitrogen and oxygen atoms in total. The summed E-state index contributed by atoms with van der Waals surface area (Å²) in [6, 6.07) is 1.30. The fourth-order valence-electron chi connectivity index (χ4n) is 1.65. The van der Waals surface area contributed by atoms with Gasteiger partial charge in [0.1, 0.15) is 17.5 Å². The fraction of sp³-hybridized carbons (Fsp3) is 0.0909. The van der Waals surface area contributed by atoms with Crippen molar-refractivity contribution in [2.75, 3.05) is 5.32 Å². The van der Waals surface area contributed by atoms with Crippen molar-refractivity contribution in [3.8, 4) is 0 Å². The quantitative estimate of drug-likeness (QED) is 0.729. The molecule has 3 aromatic rings. The van der Waals surface area contributed by atoms with Crippen LogP contribution in [0.4, 0.5) is 16.0 Å². The van der Waals surface area contributed by atoms with E-state index in [-0.39, 0.29) is 5.28 Å². The lowest BCUT2D eigenvalue weighted by Crippen LogP contribution is -1.99. The van der Waals surface area contributed by atoms with E-state index in [1.165, 1.54) is 6.07 Å². The third kappa shape index (κ3) is 2.32. The van der Waals surface area contributed by atoms with E-state index in [4.69, 9.17) is 11.6 Å². The Balaban J connectivity index is 2.13. The molecule has 0 radical (unpaired) electrons. The molecule has 0 fully saturated rings. The first-order chi connectivity index (χ1) is 9.11. The minimum atomic E-state index is -0.470. The summed E-state index contributed by atoms with van der Waals surface area (Å²) in [5.41, 5.74) is 0.319. The number of rotatable bonds is 2. The molecule has 0 saturated heterocycles. The fourth-order valence-corrected chi connectivity index (χ4v) is 1.82. The van der Waals surface area contributed by atoms with E-state index in [0.717, 1.165) is 6.20 Å². The second kappa shape index (κ2) is 4.43. The summed E-state index contributed by atoms with van der Waals surface area (Å²) in [6.45, 7) is 0. The van der Waals surface area contributed by atoms with Crippen molar-refractivity contribution in [3.63, 3.8) is 0 Å². The van der Waals surface area contributed by atoms with Gasteiger partial charge >= 0.3 is 0 Å². The predicted octanol–water partition coefficient (Wildman–Crippen LogP) is 2.29. The highest BCUT2D eigenvalue weighted by Crippen LogP contribution is 2.23. The minimum absolute atomic E-state index is 0.0324. The van der Waals surface area contributed by atoms with Gasteiger partial charge in [-0.25, -0.2) is 14.4 Å². The number of anilines is 2. The van der Waals surface area contributed by atoms with Crippen molar-refractivity contribution in [2.45, 2.75) is 0 Å². The number of halogens is 2. The van der Waals surface area contributed by atoms with Gasteiger partial charge in [0, 0.05) is 13.2 Å². The van der Waals surface area contributed by atoms with E-state index >= 15 is 0 Å². The van der Waals surface area contributed by atoms with Gasteiger partial charge in [-0.15, -0.1) is 0 Å². The molecule has 3 rings (SSSR count). The number of aryl methyl sites for hydroxylation is 1. The molecule has 1 N–H and O–H groups in total. The molecule has 3 heterocycles. The van der Waals surface area contributed by atoms with Crippen LogP contribution in [0.5, 0.6) is 0 Å². The molecule has 3 aromatic heterocycles.